The lowest BCUT2D eigenvalue weighted by Gasteiger charge is -2.19. The number of halogens is 2. The van der Waals surface area contributed by atoms with Crippen molar-refractivity contribution >= 4 is 46.0 Å². The highest BCUT2D eigenvalue weighted by Crippen LogP contribution is 2.29. The molecule has 1 amide bonds. The molecule has 36 heavy (non-hydrogen) atoms. The molecule has 4 aromatic rings. The fourth-order valence-corrected chi connectivity index (χ4v) is 4.63. The van der Waals surface area contributed by atoms with Crippen LogP contribution >= 0.6 is 23.2 Å². The molecule has 2 aromatic carbocycles. The van der Waals surface area contributed by atoms with Crippen LogP contribution in [0.15, 0.2) is 65.6 Å². The maximum atomic E-state index is 13.0. The van der Waals surface area contributed by atoms with E-state index in [0.717, 1.165) is 16.6 Å². The summed E-state index contributed by atoms with van der Waals surface area (Å²) in [6.45, 7) is 1.87. The summed E-state index contributed by atoms with van der Waals surface area (Å²) < 4.78 is 6.53. The molecule has 0 aliphatic rings. The van der Waals surface area contributed by atoms with Crippen molar-refractivity contribution in [3.8, 4) is 11.1 Å². The van der Waals surface area contributed by atoms with Gasteiger partial charge in [-0.15, -0.1) is 0 Å². The summed E-state index contributed by atoms with van der Waals surface area (Å²) in [4.78, 5) is 43.1. The van der Waals surface area contributed by atoms with E-state index in [1.165, 1.54) is 7.11 Å². The van der Waals surface area contributed by atoms with Crippen LogP contribution in [0.3, 0.4) is 0 Å². The van der Waals surface area contributed by atoms with Crippen molar-refractivity contribution in [1.29, 1.82) is 0 Å². The zero-order chi connectivity index (χ0) is 26.0. The Balaban J connectivity index is 1.75. The number of amides is 1. The van der Waals surface area contributed by atoms with Gasteiger partial charge in [0.25, 0.3) is 11.5 Å². The fourth-order valence-electron chi connectivity index (χ4n) is 4.06. The molecule has 0 saturated carbocycles. The molecule has 2 heterocycles. The van der Waals surface area contributed by atoms with Gasteiger partial charge < -0.3 is 14.6 Å². The standard InChI is InChI=1S/C27H23Cl2N3O4/c1-15-9-11-19(26(34)32(15)2)17-12-10-16(24-18(17)6-5-13-30-24)14-22(27(35)36-3)31-25(33)23-20(28)7-4-8-21(23)29/h4-13,22H,14H2,1-3H3,(H,31,33)/t22-/m0/s1. The SMILES string of the molecule is COC(=O)[C@H](Cc1ccc(-c2ccc(C)n(C)c2=O)c2cccnc12)NC(=O)c1c(Cl)cccc1Cl. The highest BCUT2D eigenvalue weighted by atomic mass is 35.5. The molecule has 184 valence electrons. The second-order valence-electron chi connectivity index (χ2n) is 8.27. The van der Waals surface area contributed by atoms with E-state index in [0.29, 0.717) is 16.6 Å². The minimum atomic E-state index is -1.03. The van der Waals surface area contributed by atoms with Gasteiger partial charge in [0, 0.05) is 36.3 Å². The summed E-state index contributed by atoms with van der Waals surface area (Å²) >= 11 is 12.3. The minimum Gasteiger partial charge on any atom is -0.467 e. The average Bonchev–Trinajstić information content (AvgIpc) is 2.87. The molecular formula is C27H23Cl2N3O4. The topological polar surface area (TPSA) is 90.3 Å². The summed E-state index contributed by atoms with van der Waals surface area (Å²) in [6, 6.07) is 14.6. The molecule has 7 nitrogen and oxygen atoms in total. The summed E-state index contributed by atoms with van der Waals surface area (Å²) in [5.74, 6) is -1.23. The molecule has 0 radical (unpaired) electrons. The third-order valence-corrected chi connectivity index (χ3v) is 6.73. The maximum Gasteiger partial charge on any atom is 0.328 e. The van der Waals surface area contributed by atoms with Gasteiger partial charge in [0.1, 0.15) is 6.04 Å². The van der Waals surface area contributed by atoms with Crippen molar-refractivity contribution in [2.45, 2.75) is 19.4 Å². The van der Waals surface area contributed by atoms with Crippen molar-refractivity contribution in [3.05, 3.63) is 98.0 Å². The molecule has 0 aliphatic carbocycles. The molecule has 1 N–H and O–H groups in total. The van der Waals surface area contributed by atoms with Crippen molar-refractivity contribution in [1.82, 2.24) is 14.9 Å². The molecule has 0 bridgehead atoms. The number of aryl methyl sites for hydroxylation is 1. The van der Waals surface area contributed by atoms with Crippen molar-refractivity contribution < 1.29 is 14.3 Å². The first-order valence-electron chi connectivity index (χ1n) is 11.1. The van der Waals surface area contributed by atoms with Gasteiger partial charge in [-0.2, -0.15) is 0 Å². The number of nitrogens with one attached hydrogen (secondary N) is 1. The number of carbonyl (C=O) groups excluding carboxylic acids is 2. The zero-order valence-electron chi connectivity index (χ0n) is 19.8. The van der Waals surface area contributed by atoms with Gasteiger partial charge in [-0.3, -0.25) is 14.6 Å². The number of nitrogens with zero attached hydrogens (tertiary/aromatic N) is 2. The van der Waals surface area contributed by atoms with Gasteiger partial charge >= 0.3 is 5.97 Å². The van der Waals surface area contributed by atoms with E-state index in [-0.39, 0.29) is 27.6 Å². The van der Waals surface area contributed by atoms with E-state index in [9.17, 15) is 14.4 Å². The second kappa shape index (κ2) is 10.5. The number of hydrogen-bond acceptors (Lipinski definition) is 5. The number of esters is 1. The molecular weight excluding hydrogens is 501 g/mol. The van der Waals surface area contributed by atoms with Crippen LogP contribution in [-0.2, 0) is 23.0 Å². The molecule has 2 aromatic heterocycles. The van der Waals surface area contributed by atoms with Crippen LogP contribution in [0.5, 0.6) is 0 Å². The Morgan fingerprint density at radius 2 is 1.72 bits per heavy atom. The molecule has 0 spiro atoms. The quantitative estimate of drug-likeness (QED) is 0.369. The lowest BCUT2D eigenvalue weighted by Crippen LogP contribution is -2.43. The van der Waals surface area contributed by atoms with Crippen LogP contribution in [0.25, 0.3) is 22.0 Å². The van der Waals surface area contributed by atoms with Crippen molar-refractivity contribution in [2.75, 3.05) is 7.11 Å². The van der Waals surface area contributed by atoms with Gasteiger partial charge in [0.05, 0.1) is 28.2 Å². The molecule has 1 atom stereocenters. The predicted octanol–water partition coefficient (Wildman–Crippen LogP) is 4.73. The first-order chi connectivity index (χ1) is 17.2. The molecule has 4 rings (SSSR count). The smallest absolute Gasteiger partial charge is 0.328 e. The Bertz CT molecular complexity index is 1530. The van der Waals surface area contributed by atoms with Gasteiger partial charge in [-0.05, 0) is 48.4 Å². The van der Waals surface area contributed by atoms with Crippen molar-refractivity contribution in [2.24, 2.45) is 7.05 Å². The van der Waals surface area contributed by atoms with E-state index in [1.54, 1.807) is 54.2 Å². The number of pyridine rings is 2. The Labute approximate surface area is 217 Å². The van der Waals surface area contributed by atoms with Gasteiger partial charge in [-0.1, -0.05) is 47.5 Å². The number of hydrogen-bond donors (Lipinski definition) is 1. The Hall–Kier alpha value is -3.68. The number of rotatable bonds is 6. The molecule has 9 heteroatoms. The Kier molecular flexibility index (Phi) is 7.43. The first-order valence-corrected chi connectivity index (χ1v) is 11.8. The van der Waals surface area contributed by atoms with Gasteiger partial charge in [0.2, 0.25) is 0 Å². The van der Waals surface area contributed by atoms with Crippen LogP contribution in [0, 0.1) is 6.92 Å². The lowest BCUT2D eigenvalue weighted by atomic mass is 9.95. The van der Waals surface area contributed by atoms with Gasteiger partial charge in [-0.25, -0.2) is 4.79 Å². The third-order valence-electron chi connectivity index (χ3n) is 6.10. The summed E-state index contributed by atoms with van der Waals surface area (Å²) in [5.41, 5.74) is 3.36. The molecule has 0 aliphatic heterocycles. The number of aromatic nitrogens is 2. The van der Waals surface area contributed by atoms with Crippen LogP contribution in [0.2, 0.25) is 10.0 Å². The monoisotopic (exact) mass is 523 g/mol. The van der Waals surface area contributed by atoms with E-state index in [1.807, 2.05) is 25.1 Å². The summed E-state index contributed by atoms with van der Waals surface area (Å²) in [6.07, 6.45) is 1.73. The zero-order valence-corrected chi connectivity index (χ0v) is 21.4. The van der Waals surface area contributed by atoms with E-state index < -0.39 is 17.9 Å². The second-order valence-corrected chi connectivity index (χ2v) is 9.09. The van der Waals surface area contributed by atoms with Crippen LogP contribution in [0.4, 0.5) is 0 Å². The van der Waals surface area contributed by atoms with E-state index in [2.05, 4.69) is 10.3 Å². The fraction of sp³-hybridized carbons (Fsp3) is 0.185. The predicted molar refractivity (Wildman–Crippen MR) is 141 cm³/mol. The summed E-state index contributed by atoms with van der Waals surface area (Å²) in [7, 11) is 2.97. The van der Waals surface area contributed by atoms with Crippen LogP contribution < -0.4 is 10.9 Å². The number of carbonyl (C=O) groups is 2. The van der Waals surface area contributed by atoms with Crippen molar-refractivity contribution in [3.63, 3.8) is 0 Å². The third kappa shape index (κ3) is 4.85. The maximum absolute atomic E-state index is 13.0. The average molecular weight is 524 g/mol. The number of ether oxygens (including phenoxy) is 1. The molecule has 0 saturated heterocycles. The van der Waals surface area contributed by atoms with Crippen LogP contribution in [-0.4, -0.2) is 34.6 Å². The van der Waals surface area contributed by atoms with E-state index in [4.69, 9.17) is 27.9 Å². The molecule has 0 fully saturated rings. The Morgan fingerprint density at radius 1 is 1.03 bits per heavy atom. The number of benzene rings is 2. The normalized spacial score (nSPS) is 11.8. The number of methoxy groups -OCH3 is 1. The first kappa shape index (κ1) is 25.4. The number of fused-ring (bicyclic) bond motifs is 1. The van der Waals surface area contributed by atoms with Crippen LogP contribution in [0.1, 0.15) is 21.6 Å². The van der Waals surface area contributed by atoms with Gasteiger partial charge in [0.15, 0.2) is 0 Å². The van der Waals surface area contributed by atoms with E-state index >= 15 is 0 Å². The Morgan fingerprint density at radius 3 is 2.42 bits per heavy atom. The minimum absolute atomic E-state index is 0.0725. The highest BCUT2D eigenvalue weighted by molar-refractivity contribution is 6.39. The largest absolute Gasteiger partial charge is 0.467 e. The molecule has 0 unspecified atom stereocenters. The highest BCUT2D eigenvalue weighted by Gasteiger charge is 2.26. The lowest BCUT2D eigenvalue weighted by molar-refractivity contribution is -0.142. The summed E-state index contributed by atoms with van der Waals surface area (Å²) in [5, 5.41) is 3.77.